The van der Waals surface area contributed by atoms with Crippen LogP contribution in [0.1, 0.15) is 133 Å². The molecular weight excluding hydrogens is 1080 g/mol. The van der Waals surface area contributed by atoms with Gasteiger partial charge in [-0.25, -0.2) is 4.98 Å². The van der Waals surface area contributed by atoms with Gasteiger partial charge in [0, 0.05) is 58.1 Å². The Morgan fingerprint density at radius 3 is 2.35 bits per heavy atom. The first-order chi connectivity index (χ1) is 38.2. The number of esters is 1. The van der Waals surface area contributed by atoms with E-state index in [0.717, 1.165) is 54.0 Å². The number of rotatable bonds is 17. The summed E-state index contributed by atoms with van der Waals surface area (Å²) in [6.45, 7) is 15.7. The zero-order valence-electron chi connectivity index (χ0n) is 45.9. The second kappa shape index (κ2) is 23.1. The van der Waals surface area contributed by atoms with Gasteiger partial charge in [-0.05, 0) is 106 Å². The Balaban J connectivity index is 0.775. The number of hydrogen-bond acceptors (Lipinski definition) is 15. The number of carbonyl (C=O) groups is 5. The first-order valence-electron chi connectivity index (χ1n) is 26.9. The SMILES string of the molecule is Cc1ncsc1-c1ccc([C@H](C)NC(=O)[C@@H]2C[C@@H](OC(=O)CCCN)CN2C(=O)C(NC(=O)c2cc3cc(O[C@H]4C[C@@H](NC(=O)C[C@@H]5N=C(c6ccc(Cl)cc6)c6c(sc(C)c6C)-n6c(C)nnc65)C4)ccc3o2)C(C)(C)C)cc1. The van der Waals surface area contributed by atoms with Crippen LogP contribution in [0.5, 0.6) is 5.75 Å². The van der Waals surface area contributed by atoms with Crippen LogP contribution in [0.15, 0.2) is 87.7 Å². The Hall–Kier alpha value is -7.26. The number of carbonyl (C=O) groups excluding carboxylic acids is 5. The molecule has 18 nitrogen and oxygen atoms in total. The number of fused-ring (bicyclic) bond motifs is 4. The third kappa shape index (κ3) is 11.8. The zero-order valence-corrected chi connectivity index (χ0v) is 48.3. The summed E-state index contributed by atoms with van der Waals surface area (Å²) in [5.41, 5.74) is 13.7. The number of nitrogens with two attached hydrogens (primary N) is 1. The Bertz CT molecular complexity index is 3520. The molecule has 418 valence electrons. The van der Waals surface area contributed by atoms with Crippen LogP contribution in [-0.4, -0.2) is 103 Å². The number of furan rings is 1. The Labute approximate surface area is 476 Å². The Morgan fingerprint density at radius 1 is 0.912 bits per heavy atom. The first kappa shape index (κ1) is 56.0. The lowest BCUT2D eigenvalue weighted by Crippen LogP contribution is -2.57. The first-order valence-corrected chi connectivity index (χ1v) is 29.0. The highest BCUT2D eigenvalue weighted by Gasteiger charge is 2.47. The van der Waals surface area contributed by atoms with Crippen LogP contribution in [0.3, 0.4) is 0 Å². The van der Waals surface area contributed by atoms with Crippen LogP contribution in [0, 0.1) is 33.1 Å². The van der Waals surface area contributed by atoms with Crippen molar-refractivity contribution in [3.63, 3.8) is 0 Å². The maximum Gasteiger partial charge on any atom is 0.306 e. The largest absolute Gasteiger partial charge is 0.490 e. The molecule has 10 rings (SSSR count). The minimum absolute atomic E-state index is 0.0223. The van der Waals surface area contributed by atoms with Crippen molar-refractivity contribution < 1.29 is 37.9 Å². The van der Waals surface area contributed by atoms with Gasteiger partial charge in [0.25, 0.3) is 5.91 Å². The lowest BCUT2D eigenvalue weighted by Gasteiger charge is -2.36. The van der Waals surface area contributed by atoms with Gasteiger partial charge in [0.2, 0.25) is 17.7 Å². The highest BCUT2D eigenvalue weighted by atomic mass is 35.5. The van der Waals surface area contributed by atoms with Gasteiger partial charge in [0.15, 0.2) is 11.6 Å². The second-order valence-electron chi connectivity index (χ2n) is 22.0. The fourth-order valence-corrected chi connectivity index (χ4v) is 12.7. The third-order valence-electron chi connectivity index (χ3n) is 15.1. The van der Waals surface area contributed by atoms with Crippen molar-refractivity contribution in [3.05, 3.63) is 134 Å². The molecule has 3 aromatic carbocycles. The van der Waals surface area contributed by atoms with Gasteiger partial charge < -0.3 is 40.5 Å². The average Bonchev–Trinajstić information content (AvgIpc) is 4.33. The molecule has 4 amide bonds. The molecule has 7 aromatic rings. The van der Waals surface area contributed by atoms with Crippen molar-refractivity contribution in [1.82, 2.24) is 40.6 Å². The highest BCUT2D eigenvalue weighted by Crippen LogP contribution is 2.40. The summed E-state index contributed by atoms with van der Waals surface area (Å²) in [4.78, 5) is 83.0. The lowest BCUT2D eigenvalue weighted by molar-refractivity contribution is -0.149. The van der Waals surface area contributed by atoms with E-state index in [4.69, 9.17) is 36.2 Å². The molecule has 0 bridgehead atoms. The van der Waals surface area contributed by atoms with Gasteiger partial charge in [0.05, 0.1) is 40.8 Å². The minimum Gasteiger partial charge on any atom is -0.490 e. The standard InChI is InChI=1S/C59H65ClN10O8S2/c1-30-33(4)80-58-50(30)51(36-15-17-39(60)18-16-36)65-44(54-68-67-34(5)70(54)58)27-48(71)64-40-24-42(25-40)76-41-19-20-46-38(22-41)23-47(78-46)56(74)66-53(59(6,7)8)57(75)69-28-43(77-49(72)10-9-21-61)26-45(69)55(73)63-31(2)35-11-13-37(14-12-35)52-32(3)62-29-79-52/h11-20,22-23,29,31,40,42-45,53H,9-10,21,24-28,61H2,1-8H3,(H,63,73)(H,64,71)(H,66,74)/t31-,40-,42+,43+,44-,45-,53?/m0/s1. The number of likely N-dealkylation sites (tertiary alicyclic amines) is 1. The van der Waals surface area contributed by atoms with E-state index in [-0.39, 0.29) is 49.6 Å². The maximum absolute atomic E-state index is 14.8. The topological polar surface area (TPSA) is 238 Å². The van der Waals surface area contributed by atoms with Crippen molar-refractivity contribution in [2.24, 2.45) is 16.1 Å². The van der Waals surface area contributed by atoms with Gasteiger partial charge in [-0.2, -0.15) is 0 Å². The normalized spacial score (nSPS) is 19.4. The summed E-state index contributed by atoms with van der Waals surface area (Å²) in [5.74, 6) is -0.318. The number of hydrogen-bond donors (Lipinski definition) is 4. The van der Waals surface area contributed by atoms with E-state index >= 15 is 0 Å². The van der Waals surface area contributed by atoms with E-state index in [1.165, 1.54) is 4.90 Å². The van der Waals surface area contributed by atoms with Crippen LogP contribution in [0.4, 0.5) is 0 Å². The number of aryl methyl sites for hydroxylation is 3. The van der Waals surface area contributed by atoms with E-state index in [0.29, 0.717) is 59.2 Å². The molecule has 4 aromatic heterocycles. The predicted octanol–water partition coefficient (Wildman–Crippen LogP) is 9.37. The number of ether oxygens (including phenoxy) is 2. The van der Waals surface area contributed by atoms with Gasteiger partial charge in [-0.15, -0.1) is 32.9 Å². The Morgan fingerprint density at radius 2 is 1.65 bits per heavy atom. The number of aromatic nitrogens is 4. The van der Waals surface area contributed by atoms with Crippen LogP contribution in [0.2, 0.25) is 5.02 Å². The number of nitrogens with zero attached hydrogens (tertiary/aromatic N) is 6. The minimum atomic E-state index is -1.12. The molecular formula is C59H65ClN10O8S2. The smallest absolute Gasteiger partial charge is 0.306 e. The summed E-state index contributed by atoms with van der Waals surface area (Å²) in [7, 11) is 0. The number of amides is 4. The quantitative estimate of drug-likeness (QED) is 0.0624. The molecule has 80 heavy (non-hydrogen) atoms. The Kier molecular flexibility index (Phi) is 16.2. The number of thiophene rings is 1. The molecule has 5 N–H and O–H groups in total. The van der Waals surface area contributed by atoms with Gasteiger partial charge >= 0.3 is 5.97 Å². The molecule has 1 saturated carbocycles. The van der Waals surface area contributed by atoms with Crippen molar-refractivity contribution in [1.29, 1.82) is 0 Å². The lowest BCUT2D eigenvalue weighted by atomic mass is 9.85. The second-order valence-corrected chi connectivity index (χ2v) is 24.5. The van der Waals surface area contributed by atoms with Crippen molar-refractivity contribution >= 4 is 80.6 Å². The van der Waals surface area contributed by atoms with Crippen LogP contribution in [0.25, 0.3) is 26.4 Å². The molecule has 5 atom stereocenters. The number of aliphatic imine (C=N–C) groups is 1. The third-order valence-corrected chi connectivity index (χ3v) is 17.5. The molecule has 1 saturated heterocycles. The van der Waals surface area contributed by atoms with Crippen molar-refractivity contribution in [2.75, 3.05) is 13.1 Å². The van der Waals surface area contributed by atoms with Crippen molar-refractivity contribution in [3.8, 4) is 21.2 Å². The summed E-state index contributed by atoms with van der Waals surface area (Å²) < 4.78 is 20.2. The summed E-state index contributed by atoms with van der Waals surface area (Å²) in [5, 5.41) is 20.3. The fourth-order valence-electron chi connectivity index (χ4n) is 10.6. The van der Waals surface area contributed by atoms with E-state index in [1.807, 2.05) is 100 Å². The van der Waals surface area contributed by atoms with Crippen molar-refractivity contribution in [2.45, 2.75) is 136 Å². The summed E-state index contributed by atoms with van der Waals surface area (Å²) in [6.07, 6.45) is 0.907. The molecule has 21 heteroatoms. The van der Waals surface area contributed by atoms with E-state index in [1.54, 1.807) is 46.9 Å². The number of halogens is 1. The van der Waals surface area contributed by atoms with Crippen LogP contribution in [-0.2, 0) is 23.9 Å². The monoisotopic (exact) mass is 1140 g/mol. The average molecular weight is 1140 g/mol. The highest BCUT2D eigenvalue weighted by molar-refractivity contribution is 7.15. The van der Waals surface area contributed by atoms with E-state index in [9.17, 15) is 24.0 Å². The molecule has 2 aliphatic heterocycles. The number of thiazole rings is 1. The summed E-state index contributed by atoms with van der Waals surface area (Å²) >= 11 is 9.50. The molecule has 3 aliphatic rings. The van der Waals surface area contributed by atoms with E-state index < -0.39 is 59.4 Å². The fraction of sp³-hybridized carbons (Fsp3) is 0.407. The number of nitrogens with one attached hydrogen (secondary N) is 3. The van der Waals surface area contributed by atoms with Gasteiger partial charge in [0.1, 0.15) is 52.5 Å². The molecule has 2 fully saturated rings. The molecule has 1 unspecified atom stereocenters. The number of benzene rings is 3. The van der Waals surface area contributed by atoms with Gasteiger partial charge in [-0.1, -0.05) is 68.8 Å². The molecule has 6 heterocycles. The van der Waals surface area contributed by atoms with Gasteiger partial charge in [-0.3, -0.25) is 33.5 Å². The maximum atomic E-state index is 14.8. The van der Waals surface area contributed by atoms with Crippen LogP contribution < -0.4 is 26.4 Å². The van der Waals surface area contributed by atoms with Crippen LogP contribution >= 0.6 is 34.3 Å². The molecule has 1 aliphatic carbocycles. The zero-order chi connectivity index (χ0) is 56.7. The predicted molar refractivity (Wildman–Crippen MR) is 308 cm³/mol. The molecule has 0 spiro atoms. The van der Waals surface area contributed by atoms with E-state index in [2.05, 4.69) is 45.0 Å². The summed E-state index contributed by atoms with van der Waals surface area (Å²) in [6, 6.07) is 19.1. The molecule has 0 radical (unpaired) electrons.